The first-order valence-electron chi connectivity index (χ1n) is 5.32. The van der Waals surface area contributed by atoms with Crippen molar-refractivity contribution in [3.05, 3.63) is 39.9 Å². The van der Waals surface area contributed by atoms with E-state index in [1.807, 2.05) is 19.9 Å². The van der Waals surface area contributed by atoms with E-state index in [1.165, 1.54) is 19.1 Å². The lowest BCUT2D eigenvalue weighted by Gasteiger charge is -2.25. The second-order valence-corrected chi connectivity index (χ2v) is 4.67. The summed E-state index contributed by atoms with van der Waals surface area (Å²) >= 11 is 0. The van der Waals surface area contributed by atoms with Crippen LogP contribution in [0.1, 0.15) is 26.3 Å². The molecule has 0 unspecified atom stereocenters. The van der Waals surface area contributed by atoms with Gasteiger partial charge in [-0.05, 0) is 25.8 Å². The Balaban J connectivity index is 2.84. The Bertz CT molecular complexity index is 441. The van der Waals surface area contributed by atoms with Crippen molar-refractivity contribution in [3.63, 3.8) is 0 Å². The third-order valence-corrected chi connectivity index (χ3v) is 2.28. The van der Waals surface area contributed by atoms with Crippen LogP contribution >= 0.6 is 0 Å². The summed E-state index contributed by atoms with van der Waals surface area (Å²) < 4.78 is 0. The third kappa shape index (κ3) is 4.22. The molecule has 0 saturated heterocycles. The zero-order valence-electron chi connectivity index (χ0n) is 10.2. The predicted molar refractivity (Wildman–Crippen MR) is 64.7 cm³/mol. The van der Waals surface area contributed by atoms with Gasteiger partial charge >= 0.3 is 0 Å². The number of amides is 1. The molecule has 1 N–H and O–H groups in total. The highest BCUT2D eigenvalue weighted by molar-refractivity contribution is 5.73. The molecule has 1 aromatic carbocycles. The number of carbonyl (C=O) groups excluding carboxylic acids is 1. The van der Waals surface area contributed by atoms with E-state index in [-0.39, 0.29) is 11.6 Å². The number of hydrogen-bond acceptors (Lipinski definition) is 3. The van der Waals surface area contributed by atoms with E-state index in [0.29, 0.717) is 6.42 Å². The Labute approximate surface area is 100.0 Å². The van der Waals surface area contributed by atoms with Gasteiger partial charge in [-0.3, -0.25) is 14.9 Å². The van der Waals surface area contributed by atoms with Crippen molar-refractivity contribution in [1.29, 1.82) is 0 Å². The topological polar surface area (TPSA) is 72.2 Å². The summed E-state index contributed by atoms with van der Waals surface area (Å²) in [7, 11) is 0. The molecular formula is C12H16N2O3. The van der Waals surface area contributed by atoms with Gasteiger partial charge in [0.15, 0.2) is 0 Å². The van der Waals surface area contributed by atoms with Crippen LogP contribution in [-0.4, -0.2) is 16.4 Å². The molecule has 1 aromatic rings. The first kappa shape index (κ1) is 13.2. The normalized spacial score (nSPS) is 11.0. The monoisotopic (exact) mass is 236 g/mol. The van der Waals surface area contributed by atoms with Crippen LogP contribution in [-0.2, 0) is 11.2 Å². The van der Waals surface area contributed by atoms with Crippen LogP contribution in [0.5, 0.6) is 0 Å². The lowest BCUT2D eigenvalue weighted by atomic mass is 9.94. The van der Waals surface area contributed by atoms with Gasteiger partial charge in [0.05, 0.1) is 4.92 Å². The molecule has 0 heterocycles. The number of nitro benzene ring substituents is 1. The third-order valence-electron chi connectivity index (χ3n) is 2.28. The van der Waals surface area contributed by atoms with Crippen molar-refractivity contribution in [2.75, 3.05) is 0 Å². The molecule has 5 heteroatoms. The van der Waals surface area contributed by atoms with E-state index in [2.05, 4.69) is 5.32 Å². The molecule has 0 bridgehead atoms. The average molecular weight is 236 g/mol. The van der Waals surface area contributed by atoms with Gasteiger partial charge in [0.2, 0.25) is 5.91 Å². The number of non-ortho nitro benzene ring substituents is 1. The minimum absolute atomic E-state index is 0.0705. The summed E-state index contributed by atoms with van der Waals surface area (Å²) in [5, 5.41) is 13.4. The fourth-order valence-corrected chi connectivity index (χ4v) is 1.81. The van der Waals surface area contributed by atoms with E-state index in [9.17, 15) is 14.9 Å². The molecule has 0 radical (unpaired) electrons. The molecular weight excluding hydrogens is 220 g/mol. The minimum atomic E-state index is -0.422. The predicted octanol–water partition coefficient (Wildman–Crippen LogP) is 2.05. The van der Waals surface area contributed by atoms with E-state index < -0.39 is 10.5 Å². The summed E-state index contributed by atoms with van der Waals surface area (Å²) in [5.41, 5.74) is 0.486. The van der Waals surface area contributed by atoms with Gasteiger partial charge in [-0.15, -0.1) is 0 Å². The van der Waals surface area contributed by atoms with Crippen molar-refractivity contribution < 1.29 is 9.72 Å². The van der Waals surface area contributed by atoms with Crippen molar-refractivity contribution in [3.8, 4) is 0 Å². The van der Waals surface area contributed by atoms with Crippen LogP contribution in [0.2, 0.25) is 0 Å². The van der Waals surface area contributed by atoms with Crippen LogP contribution in [0.4, 0.5) is 5.69 Å². The van der Waals surface area contributed by atoms with Crippen LogP contribution in [0.3, 0.4) is 0 Å². The molecule has 17 heavy (non-hydrogen) atoms. The van der Waals surface area contributed by atoms with Gasteiger partial charge < -0.3 is 5.32 Å². The SMILES string of the molecule is CC(=O)NC(C)(C)Cc1cccc([N+](=O)[O-])c1. The maximum atomic E-state index is 11.0. The summed E-state index contributed by atoms with van der Waals surface area (Å²) in [6, 6.07) is 6.45. The van der Waals surface area contributed by atoms with Crippen LogP contribution in [0.25, 0.3) is 0 Å². The van der Waals surface area contributed by atoms with E-state index in [1.54, 1.807) is 6.07 Å². The number of nitrogens with one attached hydrogen (secondary N) is 1. The van der Waals surface area contributed by atoms with Crippen LogP contribution in [0, 0.1) is 10.1 Å². The number of hydrogen-bond donors (Lipinski definition) is 1. The smallest absolute Gasteiger partial charge is 0.269 e. The number of nitro groups is 1. The Morgan fingerprint density at radius 2 is 2.12 bits per heavy atom. The van der Waals surface area contributed by atoms with Gasteiger partial charge in [0, 0.05) is 24.6 Å². The van der Waals surface area contributed by atoms with Crippen molar-refractivity contribution in [2.45, 2.75) is 32.7 Å². The van der Waals surface area contributed by atoms with Gasteiger partial charge in [-0.25, -0.2) is 0 Å². The summed E-state index contributed by atoms with van der Waals surface area (Å²) in [6.07, 6.45) is 0.550. The number of benzene rings is 1. The Morgan fingerprint density at radius 1 is 1.47 bits per heavy atom. The number of rotatable bonds is 4. The molecule has 92 valence electrons. The molecule has 1 rings (SSSR count). The maximum absolute atomic E-state index is 11.0. The van der Waals surface area contributed by atoms with Crippen molar-refractivity contribution in [1.82, 2.24) is 5.32 Å². The second-order valence-electron chi connectivity index (χ2n) is 4.67. The van der Waals surface area contributed by atoms with Gasteiger partial charge in [0.25, 0.3) is 5.69 Å². The zero-order chi connectivity index (χ0) is 13.1. The molecule has 0 fully saturated rings. The van der Waals surface area contributed by atoms with E-state index >= 15 is 0 Å². The Kier molecular flexibility index (Phi) is 3.83. The molecule has 0 atom stereocenters. The molecule has 0 aliphatic heterocycles. The van der Waals surface area contributed by atoms with Gasteiger partial charge in [-0.1, -0.05) is 12.1 Å². The average Bonchev–Trinajstić information content (AvgIpc) is 2.14. The lowest BCUT2D eigenvalue weighted by Crippen LogP contribution is -2.43. The molecule has 1 amide bonds. The first-order valence-corrected chi connectivity index (χ1v) is 5.32. The highest BCUT2D eigenvalue weighted by Gasteiger charge is 2.20. The highest BCUT2D eigenvalue weighted by Crippen LogP contribution is 2.18. The second kappa shape index (κ2) is 4.95. The summed E-state index contributed by atoms with van der Waals surface area (Å²) in [4.78, 5) is 21.2. The fourth-order valence-electron chi connectivity index (χ4n) is 1.81. The quantitative estimate of drug-likeness (QED) is 0.642. The highest BCUT2D eigenvalue weighted by atomic mass is 16.6. The Morgan fingerprint density at radius 3 is 2.65 bits per heavy atom. The molecule has 0 spiro atoms. The van der Waals surface area contributed by atoms with Gasteiger partial charge in [0.1, 0.15) is 0 Å². The molecule has 0 aliphatic rings. The lowest BCUT2D eigenvalue weighted by molar-refractivity contribution is -0.384. The fraction of sp³-hybridized carbons (Fsp3) is 0.417. The van der Waals surface area contributed by atoms with Gasteiger partial charge in [-0.2, -0.15) is 0 Å². The summed E-state index contributed by atoms with van der Waals surface area (Å²) in [5.74, 6) is -0.111. The van der Waals surface area contributed by atoms with Crippen LogP contribution in [0.15, 0.2) is 24.3 Å². The van der Waals surface area contributed by atoms with Crippen molar-refractivity contribution >= 4 is 11.6 Å². The molecule has 0 aliphatic carbocycles. The van der Waals surface area contributed by atoms with E-state index in [4.69, 9.17) is 0 Å². The largest absolute Gasteiger partial charge is 0.351 e. The molecule has 0 aromatic heterocycles. The molecule has 5 nitrogen and oxygen atoms in total. The number of carbonyl (C=O) groups is 1. The maximum Gasteiger partial charge on any atom is 0.269 e. The first-order chi connectivity index (χ1) is 7.80. The summed E-state index contributed by atoms with van der Waals surface area (Å²) in [6.45, 7) is 5.22. The standard InChI is InChI=1S/C12H16N2O3/c1-9(15)13-12(2,3)8-10-5-4-6-11(7-10)14(16)17/h4-7H,8H2,1-3H3,(H,13,15). The molecule has 0 saturated carbocycles. The Hall–Kier alpha value is -1.91. The van der Waals surface area contributed by atoms with E-state index in [0.717, 1.165) is 5.56 Å². The van der Waals surface area contributed by atoms with Crippen LogP contribution < -0.4 is 5.32 Å². The number of nitrogens with zero attached hydrogens (tertiary/aromatic N) is 1. The van der Waals surface area contributed by atoms with Crippen molar-refractivity contribution in [2.24, 2.45) is 0 Å². The zero-order valence-corrected chi connectivity index (χ0v) is 10.2. The minimum Gasteiger partial charge on any atom is -0.351 e.